The lowest BCUT2D eigenvalue weighted by molar-refractivity contribution is -0.161. The van der Waals surface area contributed by atoms with Crippen molar-refractivity contribution >= 4 is 23.6 Å². The van der Waals surface area contributed by atoms with Crippen LogP contribution < -0.4 is 0 Å². The van der Waals surface area contributed by atoms with Gasteiger partial charge in [-0.1, -0.05) is 62.4 Å². The average Bonchev–Trinajstić information content (AvgIpc) is 3.31. The summed E-state index contributed by atoms with van der Waals surface area (Å²) in [5, 5.41) is 0. The number of carbonyl (C=O) groups excluding carboxylic acids is 4. The zero-order valence-corrected chi connectivity index (χ0v) is 17.4. The van der Waals surface area contributed by atoms with E-state index < -0.39 is 29.3 Å². The van der Waals surface area contributed by atoms with Gasteiger partial charge in [0.25, 0.3) is 23.6 Å². The SMILES string of the molecule is CCc1cccc(C(c2cccc(CC)c2)(N2C(=O)C=CC2=O)N2C(=O)C=CC2=O)c1. The number of hydrogen-bond acceptors (Lipinski definition) is 4. The van der Waals surface area contributed by atoms with Crippen LogP contribution in [-0.2, 0) is 37.7 Å². The van der Waals surface area contributed by atoms with Gasteiger partial charge in [0.2, 0.25) is 0 Å². The normalized spacial score (nSPS) is 16.2. The maximum absolute atomic E-state index is 13.0. The van der Waals surface area contributed by atoms with Gasteiger partial charge in [0, 0.05) is 35.4 Å². The summed E-state index contributed by atoms with van der Waals surface area (Å²) >= 11 is 0. The third-order valence-corrected chi connectivity index (χ3v) is 5.74. The third kappa shape index (κ3) is 3.11. The van der Waals surface area contributed by atoms with Gasteiger partial charge < -0.3 is 0 Å². The molecule has 2 aliphatic heterocycles. The van der Waals surface area contributed by atoms with E-state index in [-0.39, 0.29) is 0 Å². The Morgan fingerprint density at radius 3 is 1.29 bits per heavy atom. The molecule has 0 saturated heterocycles. The summed E-state index contributed by atoms with van der Waals surface area (Å²) in [5.74, 6) is -2.33. The monoisotopic (exact) mass is 414 g/mol. The molecule has 156 valence electrons. The largest absolute Gasteiger partial charge is 0.269 e. The highest BCUT2D eigenvalue weighted by molar-refractivity contribution is 6.17. The summed E-state index contributed by atoms with van der Waals surface area (Å²) in [6, 6.07) is 14.6. The van der Waals surface area contributed by atoms with Crippen LogP contribution >= 0.6 is 0 Å². The Hall–Kier alpha value is -3.80. The molecule has 2 aromatic carbocycles. The Bertz CT molecular complexity index is 1030. The first-order chi connectivity index (χ1) is 14.9. The molecule has 4 rings (SSSR count). The van der Waals surface area contributed by atoms with Crippen LogP contribution in [0.3, 0.4) is 0 Å². The van der Waals surface area contributed by atoms with Gasteiger partial charge in [-0.2, -0.15) is 0 Å². The number of aryl methyl sites for hydroxylation is 2. The summed E-state index contributed by atoms with van der Waals surface area (Å²) < 4.78 is 0. The zero-order valence-electron chi connectivity index (χ0n) is 17.4. The van der Waals surface area contributed by atoms with Crippen molar-refractivity contribution in [2.24, 2.45) is 0 Å². The first-order valence-corrected chi connectivity index (χ1v) is 10.2. The van der Waals surface area contributed by atoms with Crippen molar-refractivity contribution in [3.8, 4) is 0 Å². The standard InChI is InChI=1S/C25H22N2O4/c1-3-17-7-5-9-19(15-17)25(26-21(28)11-12-22(26)29,27-23(30)13-14-24(27)31)20-10-6-8-18(4-2)16-20/h5-16H,3-4H2,1-2H3. The maximum atomic E-state index is 13.0. The molecule has 6 nitrogen and oxygen atoms in total. The predicted octanol–water partition coefficient (Wildman–Crippen LogP) is 2.86. The summed E-state index contributed by atoms with van der Waals surface area (Å²) in [5.41, 5.74) is 1.15. The summed E-state index contributed by atoms with van der Waals surface area (Å²) in [6.45, 7) is 3.97. The van der Waals surface area contributed by atoms with Gasteiger partial charge in [-0.3, -0.25) is 19.2 Å². The molecule has 31 heavy (non-hydrogen) atoms. The van der Waals surface area contributed by atoms with E-state index in [1.165, 1.54) is 24.3 Å². The lowest BCUT2D eigenvalue weighted by Crippen LogP contribution is -2.62. The summed E-state index contributed by atoms with van der Waals surface area (Å²) in [4.78, 5) is 54.0. The molecule has 4 amide bonds. The summed E-state index contributed by atoms with van der Waals surface area (Å²) in [7, 11) is 0. The van der Waals surface area contributed by atoms with Crippen LogP contribution in [-0.4, -0.2) is 33.4 Å². The molecule has 0 N–H and O–H groups in total. The first-order valence-electron chi connectivity index (χ1n) is 10.2. The van der Waals surface area contributed by atoms with Crippen LogP contribution in [0.5, 0.6) is 0 Å². The van der Waals surface area contributed by atoms with Crippen molar-refractivity contribution in [2.75, 3.05) is 0 Å². The van der Waals surface area contributed by atoms with Gasteiger partial charge in [0.15, 0.2) is 5.66 Å². The quantitative estimate of drug-likeness (QED) is 0.682. The molecule has 0 aliphatic carbocycles. The minimum absolute atomic E-state index is 0.496. The van der Waals surface area contributed by atoms with Gasteiger partial charge in [-0.25, -0.2) is 9.80 Å². The van der Waals surface area contributed by atoms with Crippen LogP contribution in [0.25, 0.3) is 0 Å². The molecule has 0 radical (unpaired) electrons. The molecule has 0 spiro atoms. The van der Waals surface area contributed by atoms with Crippen LogP contribution in [0.2, 0.25) is 0 Å². The van der Waals surface area contributed by atoms with Crippen molar-refractivity contribution < 1.29 is 19.2 Å². The first kappa shape index (κ1) is 20.5. The number of carbonyl (C=O) groups is 4. The highest BCUT2D eigenvalue weighted by atomic mass is 16.2. The second-order valence-electron chi connectivity index (χ2n) is 7.47. The van der Waals surface area contributed by atoms with Crippen molar-refractivity contribution in [3.63, 3.8) is 0 Å². The lowest BCUT2D eigenvalue weighted by Gasteiger charge is -2.46. The van der Waals surface area contributed by atoms with Gasteiger partial charge in [-0.05, 0) is 24.0 Å². The van der Waals surface area contributed by atoms with E-state index >= 15 is 0 Å². The Morgan fingerprint density at radius 2 is 0.968 bits per heavy atom. The van der Waals surface area contributed by atoms with E-state index in [4.69, 9.17) is 0 Å². The van der Waals surface area contributed by atoms with Crippen molar-refractivity contribution in [2.45, 2.75) is 32.4 Å². The van der Waals surface area contributed by atoms with E-state index in [0.717, 1.165) is 20.9 Å². The molecule has 0 fully saturated rings. The summed E-state index contributed by atoms with van der Waals surface area (Å²) in [6.07, 6.45) is 6.09. The number of benzene rings is 2. The second-order valence-corrected chi connectivity index (χ2v) is 7.47. The van der Waals surface area contributed by atoms with Gasteiger partial charge >= 0.3 is 0 Å². The number of amides is 4. The Balaban J connectivity index is 2.12. The van der Waals surface area contributed by atoms with E-state index in [0.29, 0.717) is 24.0 Å². The average molecular weight is 414 g/mol. The number of nitrogens with zero attached hydrogens (tertiary/aromatic N) is 2. The van der Waals surface area contributed by atoms with E-state index in [1.807, 2.05) is 50.2 Å². The molecule has 2 aromatic rings. The Morgan fingerprint density at radius 1 is 0.613 bits per heavy atom. The van der Waals surface area contributed by atoms with Crippen molar-refractivity contribution in [1.82, 2.24) is 9.80 Å². The van der Waals surface area contributed by atoms with E-state index in [9.17, 15) is 19.2 Å². The van der Waals surface area contributed by atoms with Crippen LogP contribution in [0, 0.1) is 0 Å². The fourth-order valence-corrected chi connectivity index (χ4v) is 4.24. The van der Waals surface area contributed by atoms with E-state index in [2.05, 4.69) is 0 Å². The molecule has 2 aliphatic rings. The fraction of sp³-hybridized carbons (Fsp3) is 0.200. The number of rotatable bonds is 6. The third-order valence-electron chi connectivity index (χ3n) is 5.74. The minimum Gasteiger partial charge on any atom is -0.269 e. The topological polar surface area (TPSA) is 74.8 Å². The molecule has 2 heterocycles. The second kappa shape index (κ2) is 7.80. The molecule has 0 bridgehead atoms. The molecule has 0 aromatic heterocycles. The van der Waals surface area contributed by atoms with Crippen LogP contribution in [0.1, 0.15) is 36.1 Å². The van der Waals surface area contributed by atoms with Gasteiger partial charge in [-0.15, -0.1) is 0 Å². The minimum atomic E-state index is -1.74. The lowest BCUT2D eigenvalue weighted by atomic mass is 9.85. The highest BCUT2D eigenvalue weighted by Crippen LogP contribution is 2.43. The van der Waals surface area contributed by atoms with Crippen molar-refractivity contribution in [1.29, 1.82) is 0 Å². The molecule has 0 atom stereocenters. The molecular weight excluding hydrogens is 392 g/mol. The highest BCUT2D eigenvalue weighted by Gasteiger charge is 2.56. The zero-order chi connectivity index (χ0) is 22.2. The smallest absolute Gasteiger partial charge is 0.256 e. The molecule has 0 unspecified atom stereocenters. The molecule has 6 heteroatoms. The number of imide groups is 2. The maximum Gasteiger partial charge on any atom is 0.256 e. The van der Waals surface area contributed by atoms with Crippen LogP contribution in [0.15, 0.2) is 72.8 Å². The predicted molar refractivity (Wildman–Crippen MR) is 114 cm³/mol. The van der Waals surface area contributed by atoms with Crippen molar-refractivity contribution in [3.05, 3.63) is 95.1 Å². The Labute approximate surface area is 180 Å². The molecular formula is C25H22N2O4. The Kier molecular flexibility index (Phi) is 5.15. The molecule has 0 saturated carbocycles. The number of hydrogen-bond donors (Lipinski definition) is 0. The fourth-order valence-electron chi connectivity index (χ4n) is 4.24. The van der Waals surface area contributed by atoms with E-state index in [1.54, 1.807) is 12.1 Å². The van der Waals surface area contributed by atoms with Gasteiger partial charge in [0.05, 0.1) is 0 Å². The van der Waals surface area contributed by atoms with Crippen LogP contribution in [0.4, 0.5) is 0 Å². The van der Waals surface area contributed by atoms with Gasteiger partial charge in [0.1, 0.15) is 0 Å².